The molecule has 0 rings (SSSR count). The second-order valence-corrected chi connectivity index (χ2v) is 2.51. The van der Waals surface area contributed by atoms with Gasteiger partial charge in [-0.05, 0) is 12.8 Å². The number of carboxylic acid groups (broad SMARTS) is 1. The Kier molecular flexibility index (Phi) is 3.04. The summed E-state index contributed by atoms with van der Waals surface area (Å²) in [5.74, 6) is -1.26. The molecular weight excluding hydrogens is 144 g/mol. The fraction of sp³-hybridized carbons (Fsp3) is 0.714. The van der Waals surface area contributed by atoms with E-state index in [4.69, 9.17) is 16.2 Å². The van der Waals surface area contributed by atoms with Crippen LogP contribution in [0.15, 0.2) is 0 Å². The molecule has 4 N–H and O–H groups in total. The van der Waals surface area contributed by atoms with Crippen LogP contribution in [-0.4, -0.2) is 16.9 Å². The van der Waals surface area contributed by atoms with Gasteiger partial charge in [0.2, 0.25) is 0 Å². The summed E-state index contributed by atoms with van der Waals surface area (Å²) in [5.41, 5.74) is 4.06. The van der Waals surface area contributed by atoms with Crippen molar-refractivity contribution >= 4 is 11.8 Å². The maximum Gasteiger partial charge on any atom is 0.317 e. The summed E-state index contributed by atoms with van der Waals surface area (Å²) >= 11 is 0. The Labute approximate surface area is 65.9 Å². The molecule has 0 heterocycles. The molecule has 11 heavy (non-hydrogen) atoms. The van der Waals surface area contributed by atoms with Crippen LogP contribution in [0, 0.1) is 10.8 Å². The lowest BCUT2D eigenvalue weighted by molar-refractivity contribution is -0.145. The van der Waals surface area contributed by atoms with Crippen molar-refractivity contribution in [3.05, 3.63) is 0 Å². The highest BCUT2D eigenvalue weighted by Crippen LogP contribution is 2.25. The Morgan fingerprint density at radius 3 is 1.91 bits per heavy atom. The number of nitrogens with two attached hydrogens (primary N) is 1. The first-order valence-corrected chi connectivity index (χ1v) is 3.59. The summed E-state index contributed by atoms with van der Waals surface area (Å²) in [4.78, 5) is 10.7. The first kappa shape index (κ1) is 9.94. The molecule has 0 aliphatic rings. The van der Waals surface area contributed by atoms with Crippen molar-refractivity contribution in [3.8, 4) is 0 Å². The third kappa shape index (κ3) is 1.50. The van der Waals surface area contributed by atoms with E-state index < -0.39 is 11.4 Å². The Morgan fingerprint density at radius 2 is 1.91 bits per heavy atom. The van der Waals surface area contributed by atoms with E-state index >= 15 is 0 Å². The van der Waals surface area contributed by atoms with Crippen molar-refractivity contribution in [3.63, 3.8) is 0 Å². The molecule has 0 aliphatic carbocycles. The highest BCUT2D eigenvalue weighted by molar-refractivity contribution is 6.02. The third-order valence-electron chi connectivity index (χ3n) is 2.13. The van der Waals surface area contributed by atoms with Gasteiger partial charge in [-0.3, -0.25) is 10.2 Å². The number of hydrogen-bond acceptors (Lipinski definition) is 2. The van der Waals surface area contributed by atoms with Gasteiger partial charge in [0, 0.05) is 0 Å². The minimum Gasteiger partial charge on any atom is -0.480 e. The lowest BCUT2D eigenvalue weighted by atomic mass is 9.81. The fourth-order valence-corrected chi connectivity index (χ4v) is 1.05. The zero-order valence-corrected chi connectivity index (χ0v) is 6.85. The average molecular weight is 158 g/mol. The van der Waals surface area contributed by atoms with Crippen molar-refractivity contribution in [2.45, 2.75) is 26.7 Å². The Morgan fingerprint density at radius 1 is 1.55 bits per heavy atom. The van der Waals surface area contributed by atoms with Gasteiger partial charge in [0.25, 0.3) is 0 Å². The maximum absolute atomic E-state index is 10.7. The SMILES string of the molecule is CCC(CC)(C(=N)N)C(=O)O. The topological polar surface area (TPSA) is 87.2 Å². The van der Waals surface area contributed by atoms with Crippen molar-refractivity contribution < 1.29 is 9.90 Å². The van der Waals surface area contributed by atoms with Gasteiger partial charge in [-0.25, -0.2) is 0 Å². The molecule has 0 saturated heterocycles. The van der Waals surface area contributed by atoms with Gasteiger partial charge in [-0.1, -0.05) is 13.8 Å². The van der Waals surface area contributed by atoms with Gasteiger partial charge < -0.3 is 10.8 Å². The zero-order valence-electron chi connectivity index (χ0n) is 6.85. The fourth-order valence-electron chi connectivity index (χ4n) is 1.05. The van der Waals surface area contributed by atoms with Crippen LogP contribution in [0.5, 0.6) is 0 Å². The molecule has 0 saturated carbocycles. The molecule has 0 unspecified atom stereocenters. The first-order chi connectivity index (χ1) is 5.01. The van der Waals surface area contributed by atoms with E-state index in [2.05, 4.69) is 0 Å². The number of amidine groups is 1. The minimum absolute atomic E-state index is 0.255. The van der Waals surface area contributed by atoms with E-state index in [0.29, 0.717) is 12.8 Å². The summed E-state index contributed by atoms with van der Waals surface area (Å²) in [5, 5.41) is 15.9. The predicted molar refractivity (Wildman–Crippen MR) is 42.6 cm³/mol. The highest BCUT2D eigenvalue weighted by atomic mass is 16.4. The summed E-state index contributed by atoms with van der Waals surface area (Å²) in [6.07, 6.45) is 0.738. The molecule has 0 aromatic carbocycles. The van der Waals surface area contributed by atoms with Gasteiger partial charge in [0.05, 0.1) is 0 Å². The van der Waals surface area contributed by atoms with Gasteiger partial charge >= 0.3 is 5.97 Å². The smallest absolute Gasteiger partial charge is 0.317 e. The molecule has 0 amide bonds. The number of carbonyl (C=O) groups is 1. The third-order valence-corrected chi connectivity index (χ3v) is 2.13. The molecule has 0 atom stereocenters. The quantitative estimate of drug-likeness (QED) is 0.418. The molecule has 0 radical (unpaired) electrons. The molecule has 4 nitrogen and oxygen atoms in total. The van der Waals surface area contributed by atoms with E-state index in [1.54, 1.807) is 13.8 Å². The molecule has 0 fully saturated rings. The lowest BCUT2D eigenvalue weighted by Crippen LogP contribution is -2.42. The monoisotopic (exact) mass is 158 g/mol. The van der Waals surface area contributed by atoms with Crippen molar-refractivity contribution in [2.24, 2.45) is 11.1 Å². The number of carboxylic acids is 1. The standard InChI is InChI=1S/C7H14N2O2/c1-3-7(4-2,5(8)9)6(10)11/h3-4H2,1-2H3,(H3,8,9)(H,10,11). The Hall–Kier alpha value is -1.06. The Bertz CT molecular complexity index is 157. The Balaban J connectivity index is 4.76. The zero-order chi connectivity index (χ0) is 9.07. The summed E-state index contributed by atoms with van der Waals surface area (Å²) in [6, 6.07) is 0. The van der Waals surface area contributed by atoms with Crippen LogP contribution in [0.25, 0.3) is 0 Å². The van der Waals surface area contributed by atoms with Crippen LogP contribution >= 0.6 is 0 Å². The molecule has 0 bridgehead atoms. The van der Waals surface area contributed by atoms with Crippen molar-refractivity contribution in [1.29, 1.82) is 5.41 Å². The van der Waals surface area contributed by atoms with Gasteiger partial charge in [-0.15, -0.1) is 0 Å². The van der Waals surface area contributed by atoms with E-state index in [1.165, 1.54) is 0 Å². The predicted octanol–water partition coefficient (Wildman–Crippen LogP) is 0.813. The normalized spacial score (nSPS) is 11.1. The molecular formula is C7H14N2O2. The van der Waals surface area contributed by atoms with Gasteiger partial charge in [0.1, 0.15) is 11.3 Å². The van der Waals surface area contributed by atoms with Gasteiger partial charge in [0.15, 0.2) is 0 Å². The number of aliphatic carboxylic acids is 1. The largest absolute Gasteiger partial charge is 0.480 e. The summed E-state index contributed by atoms with van der Waals surface area (Å²) in [7, 11) is 0. The highest BCUT2D eigenvalue weighted by Gasteiger charge is 2.38. The number of nitrogens with one attached hydrogen (secondary N) is 1. The minimum atomic E-state index is -1.14. The molecule has 0 aromatic rings. The van der Waals surface area contributed by atoms with Crippen molar-refractivity contribution in [2.75, 3.05) is 0 Å². The molecule has 0 aliphatic heterocycles. The van der Waals surface area contributed by atoms with Crippen molar-refractivity contribution in [1.82, 2.24) is 0 Å². The second kappa shape index (κ2) is 3.37. The van der Waals surface area contributed by atoms with E-state index in [9.17, 15) is 4.79 Å². The molecule has 0 aromatic heterocycles. The number of hydrogen-bond donors (Lipinski definition) is 3. The van der Waals surface area contributed by atoms with E-state index in [0.717, 1.165) is 0 Å². The van der Waals surface area contributed by atoms with Crippen LogP contribution < -0.4 is 5.73 Å². The molecule has 0 spiro atoms. The van der Waals surface area contributed by atoms with Crippen LogP contribution in [0.1, 0.15) is 26.7 Å². The lowest BCUT2D eigenvalue weighted by Gasteiger charge is -2.24. The second-order valence-electron chi connectivity index (χ2n) is 2.51. The van der Waals surface area contributed by atoms with Crippen LogP contribution in [-0.2, 0) is 4.79 Å². The number of rotatable bonds is 4. The molecule has 64 valence electrons. The average Bonchev–Trinajstić information content (AvgIpc) is 1.90. The van der Waals surface area contributed by atoms with Crippen LogP contribution in [0.2, 0.25) is 0 Å². The van der Waals surface area contributed by atoms with Gasteiger partial charge in [-0.2, -0.15) is 0 Å². The molecule has 4 heteroatoms. The van der Waals surface area contributed by atoms with Crippen LogP contribution in [0.4, 0.5) is 0 Å². The first-order valence-electron chi connectivity index (χ1n) is 3.59. The summed E-state index contributed by atoms with van der Waals surface area (Å²) < 4.78 is 0. The van der Waals surface area contributed by atoms with Crippen LogP contribution in [0.3, 0.4) is 0 Å². The summed E-state index contributed by atoms with van der Waals surface area (Å²) in [6.45, 7) is 3.44. The van der Waals surface area contributed by atoms with E-state index in [1.807, 2.05) is 0 Å². The van der Waals surface area contributed by atoms with E-state index in [-0.39, 0.29) is 5.84 Å². The maximum atomic E-state index is 10.7.